The van der Waals surface area contributed by atoms with Gasteiger partial charge in [0.25, 0.3) is 10.2 Å². The van der Waals surface area contributed by atoms with Crippen molar-refractivity contribution in [1.29, 1.82) is 0 Å². The largest absolute Gasteiger partial charge is 0.396 e. The molecule has 1 aliphatic heterocycles. The molecule has 108 valence electrons. The molecule has 0 spiro atoms. The molecule has 6 heteroatoms. The molecular weight excluding hydrogens is 252 g/mol. The van der Waals surface area contributed by atoms with Crippen molar-refractivity contribution in [1.82, 2.24) is 8.61 Å². The van der Waals surface area contributed by atoms with E-state index in [1.807, 2.05) is 0 Å². The molecule has 1 saturated heterocycles. The van der Waals surface area contributed by atoms with Crippen LogP contribution in [0.3, 0.4) is 0 Å². The highest BCUT2D eigenvalue weighted by Gasteiger charge is 2.35. The van der Waals surface area contributed by atoms with E-state index in [4.69, 9.17) is 5.11 Å². The highest BCUT2D eigenvalue weighted by atomic mass is 32.2. The zero-order valence-corrected chi connectivity index (χ0v) is 12.5. The summed E-state index contributed by atoms with van der Waals surface area (Å²) in [6.07, 6.45) is 3.44. The normalized spacial score (nSPS) is 21.4. The van der Waals surface area contributed by atoms with E-state index in [0.29, 0.717) is 26.1 Å². The van der Waals surface area contributed by atoms with Gasteiger partial charge in [0.05, 0.1) is 0 Å². The van der Waals surface area contributed by atoms with Gasteiger partial charge in [-0.25, -0.2) is 0 Å². The van der Waals surface area contributed by atoms with Gasteiger partial charge in [-0.2, -0.15) is 17.0 Å². The average Bonchev–Trinajstić information content (AvgIpc) is 2.36. The minimum absolute atomic E-state index is 0.0216. The number of aliphatic hydroxyl groups is 1. The fraction of sp³-hybridized carbons (Fsp3) is 1.00. The average molecular weight is 278 g/mol. The lowest BCUT2D eigenvalue weighted by Crippen LogP contribution is -2.47. The third-order valence-electron chi connectivity index (χ3n) is 4.13. The minimum atomic E-state index is -3.34. The van der Waals surface area contributed by atoms with Crippen molar-refractivity contribution in [3.8, 4) is 0 Å². The van der Waals surface area contributed by atoms with Crippen LogP contribution in [0.1, 0.15) is 39.5 Å². The Kier molecular flexibility index (Phi) is 5.58. The first-order chi connectivity index (χ1) is 8.35. The molecular formula is C12H26N2O3S. The van der Waals surface area contributed by atoms with Crippen LogP contribution in [0.5, 0.6) is 0 Å². The van der Waals surface area contributed by atoms with Gasteiger partial charge in [-0.1, -0.05) is 20.3 Å². The molecule has 0 aromatic rings. The molecule has 0 aliphatic carbocycles. The van der Waals surface area contributed by atoms with Crippen LogP contribution in [0.25, 0.3) is 0 Å². The van der Waals surface area contributed by atoms with Gasteiger partial charge in [-0.15, -0.1) is 0 Å². The van der Waals surface area contributed by atoms with Crippen molar-refractivity contribution in [3.63, 3.8) is 0 Å². The number of hydrogen-bond donors (Lipinski definition) is 1. The van der Waals surface area contributed by atoms with Crippen LogP contribution in [0, 0.1) is 5.41 Å². The highest BCUT2D eigenvalue weighted by molar-refractivity contribution is 7.86. The van der Waals surface area contributed by atoms with Gasteiger partial charge >= 0.3 is 0 Å². The number of aliphatic hydroxyl groups excluding tert-OH is 1. The molecule has 18 heavy (non-hydrogen) atoms. The Labute approximate surface area is 111 Å². The summed E-state index contributed by atoms with van der Waals surface area (Å²) in [5.41, 5.74) is 0.287. The van der Waals surface area contributed by atoms with Gasteiger partial charge in [0, 0.05) is 33.3 Å². The molecule has 1 aliphatic rings. The quantitative estimate of drug-likeness (QED) is 0.790. The number of hydrogen-bond acceptors (Lipinski definition) is 3. The maximum absolute atomic E-state index is 12.3. The second kappa shape index (κ2) is 6.32. The molecule has 0 amide bonds. The Morgan fingerprint density at radius 1 is 1.33 bits per heavy atom. The van der Waals surface area contributed by atoms with Crippen LogP contribution < -0.4 is 0 Å². The van der Waals surface area contributed by atoms with Crippen molar-refractivity contribution < 1.29 is 13.5 Å². The van der Waals surface area contributed by atoms with Crippen molar-refractivity contribution in [2.75, 3.05) is 33.3 Å². The molecule has 1 rings (SSSR count). The first-order valence-electron chi connectivity index (χ1n) is 6.68. The summed E-state index contributed by atoms with van der Waals surface area (Å²) in [7, 11) is -1.76. The van der Waals surface area contributed by atoms with Crippen LogP contribution >= 0.6 is 0 Å². The Balaban J connectivity index is 2.60. The van der Waals surface area contributed by atoms with E-state index in [0.717, 1.165) is 19.3 Å². The molecule has 0 aromatic heterocycles. The van der Waals surface area contributed by atoms with Gasteiger partial charge in [-0.3, -0.25) is 0 Å². The van der Waals surface area contributed by atoms with Gasteiger partial charge in [0.2, 0.25) is 0 Å². The lowest BCUT2D eigenvalue weighted by molar-refractivity contribution is 0.163. The second-order valence-corrected chi connectivity index (χ2v) is 7.51. The zero-order chi connectivity index (χ0) is 13.8. The Morgan fingerprint density at radius 3 is 2.33 bits per heavy atom. The predicted octanol–water partition coefficient (Wildman–Crippen LogP) is 1.06. The third kappa shape index (κ3) is 3.66. The van der Waals surface area contributed by atoms with Crippen LogP contribution in [0.2, 0.25) is 0 Å². The summed E-state index contributed by atoms with van der Waals surface area (Å²) in [5.74, 6) is 0. The lowest BCUT2D eigenvalue weighted by atomic mass is 9.79. The minimum Gasteiger partial charge on any atom is -0.396 e. The van der Waals surface area contributed by atoms with Crippen molar-refractivity contribution in [3.05, 3.63) is 0 Å². The fourth-order valence-electron chi connectivity index (χ4n) is 2.22. The van der Waals surface area contributed by atoms with Gasteiger partial charge in [-0.05, 0) is 24.7 Å². The standard InChI is InChI=1S/C12H26N2O3S/c1-4-12(2)6-9-14(10-7-12)18(16,17)13(3)8-5-11-15/h15H,4-11H2,1-3H3. The van der Waals surface area contributed by atoms with Crippen molar-refractivity contribution in [2.45, 2.75) is 39.5 Å². The molecule has 0 unspecified atom stereocenters. The van der Waals surface area contributed by atoms with Crippen molar-refractivity contribution in [2.24, 2.45) is 5.41 Å². The van der Waals surface area contributed by atoms with Crippen LogP contribution in [0.4, 0.5) is 0 Å². The lowest BCUT2D eigenvalue weighted by Gasteiger charge is -2.39. The van der Waals surface area contributed by atoms with Crippen molar-refractivity contribution >= 4 is 10.2 Å². The summed E-state index contributed by atoms with van der Waals surface area (Å²) >= 11 is 0. The molecule has 0 radical (unpaired) electrons. The molecule has 0 saturated carbocycles. The molecule has 0 atom stereocenters. The summed E-state index contributed by atoms with van der Waals surface area (Å²) in [5, 5.41) is 8.76. The Morgan fingerprint density at radius 2 is 1.89 bits per heavy atom. The number of rotatable bonds is 6. The molecule has 5 nitrogen and oxygen atoms in total. The van der Waals surface area contributed by atoms with E-state index in [1.165, 1.54) is 4.31 Å². The summed E-state index contributed by atoms with van der Waals surface area (Å²) in [6.45, 7) is 6.00. The highest BCUT2D eigenvalue weighted by Crippen LogP contribution is 2.35. The Bertz CT molecular complexity index is 348. The molecule has 1 N–H and O–H groups in total. The van der Waals surface area contributed by atoms with Gasteiger partial charge in [0.15, 0.2) is 0 Å². The first kappa shape index (κ1) is 15.9. The monoisotopic (exact) mass is 278 g/mol. The topological polar surface area (TPSA) is 60.9 Å². The molecule has 0 aromatic carbocycles. The smallest absolute Gasteiger partial charge is 0.281 e. The van der Waals surface area contributed by atoms with E-state index >= 15 is 0 Å². The molecule has 1 fully saturated rings. The van der Waals surface area contributed by atoms with E-state index in [-0.39, 0.29) is 12.0 Å². The summed E-state index contributed by atoms with van der Waals surface area (Å²) in [4.78, 5) is 0. The van der Waals surface area contributed by atoms with E-state index in [2.05, 4.69) is 13.8 Å². The first-order valence-corrected chi connectivity index (χ1v) is 8.08. The molecule has 0 bridgehead atoms. The Hall–Kier alpha value is -0.170. The summed E-state index contributed by atoms with van der Waals surface area (Å²) < 4.78 is 27.4. The maximum atomic E-state index is 12.3. The van der Waals surface area contributed by atoms with E-state index in [1.54, 1.807) is 11.4 Å². The van der Waals surface area contributed by atoms with Crippen LogP contribution in [0.15, 0.2) is 0 Å². The number of piperidine rings is 1. The van der Waals surface area contributed by atoms with E-state index in [9.17, 15) is 8.42 Å². The zero-order valence-electron chi connectivity index (χ0n) is 11.7. The van der Waals surface area contributed by atoms with Gasteiger partial charge in [0.1, 0.15) is 0 Å². The second-order valence-electron chi connectivity index (χ2n) is 5.47. The summed E-state index contributed by atoms with van der Waals surface area (Å²) in [6, 6.07) is 0. The van der Waals surface area contributed by atoms with Gasteiger partial charge < -0.3 is 5.11 Å². The van der Waals surface area contributed by atoms with E-state index < -0.39 is 10.2 Å². The number of nitrogens with zero attached hydrogens (tertiary/aromatic N) is 2. The van der Waals surface area contributed by atoms with Crippen LogP contribution in [-0.4, -0.2) is 55.4 Å². The third-order valence-corrected chi connectivity index (χ3v) is 6.12. The van der Waals surface area contributed by atoms with Crippen LogP contribution in [-0.2, 0) is 10.2 Å². The maximum Gasteiger partial charge on any atom is 0.281 e. The SMILES string of the molecule is CCC1(C)CCN(S(=O)(=O)N(C)CCCO)CC1. The molecule has 1 heterocycles. The fourth-order valence-corrected chi connectivity index (χ4v) is 3.61. The predicted molar refractivity (Wildman–Crippen MR) is 72.5 cm³/mol.